The molecule has 0 spiro atoms. The third-order valence-corrected chi connectivity index (χ3v) is 6.06. The van der Waals surface area contributed by atoms with E-state index in [0.717, 1.165) is 39.6 Å². The van der Waals surface area contributed by atoms with Gasteiger partial charge in [0.15, 0.2) is 6.20 Å². The van der Waals surface area contributed by atoms with Gasteiger partial charge in [-0.05, 0) is 48.7 Å². The van der Waals surface area contributed by atoms with E-state index in [1.807, 2.05) is 24.3 Å². The highest BCUT2D eigenvalue weighted by molar-refractivity contribution is 5.96. The van der Waals surface area contributed by atoms with Gasteiger partial charge in [-0.3, -0.25) is 9.89 Å². The molecule has 8 heteroatoms. The van der Waals surface area contributed by atoms with Gasteiger partial charge < -0.3 is 14.8 Å². The number of amides is 1. The van der Waals surface area contributed by atoms with Crippen LogP contribution in [0.4, 0.5) is 0 Å². The Kier molecular flexibility index (Phi) is 5.38. The van der Waals surface area contributed by atoms with Crippen LogP contribution in [0.2, 0.25) is 0 Å². The van der Waals surface area contributed by atoms with Gasteiger partial charge in [0.1, 0.15) is 5.75 Å². The number of ether oxygens (including phenoxy) is 1. The summed E-state index contributed by atoms with van der Waals surface area (Å²) < 4.78 is 6.94. The molecular weight excluding hydrogens is 430 g/mol. The summed E-state index contributed by atoms with van der Waals surface area (Å²) in [5.41, 5.74) is 4.74. The minimum Gasteiger partial charge on any atom is -0.618 e. The van der Waals surface area contributed by atoms with E-state index in [-0.39, 0.29) is 18.6 Å². The van der Waals surface area contributed by atoms with Gasteiger partial charge in [0.05, 0.1) is 46.9 Å². The predicted octanol–water partition coefficient (Wildman–Crippen LogP) is 3.86. The molecule has 8 nitrogen and oxygen atoms in total. The second kappa shape index (κ2) is 8.52. The largest absolute Gasteiger partial charge is 0.618 e. The average molecular weight is 454 g/mol. The zero-order chi connectivity index (χ0) is 23.8. The summed E-state index contributed by atoms with van der Waals surface area (Å²) in [5.74, 6) is 0.434. The van der Waals surface area contributed by atoms with Crippen molar-refractivity contribution in [2.24, 2.45) is 0 Å². The first-order valence-corrected chi connectivity index (χ1v) is 11.1. The van der Waals surface area contributed by atoms with Crippen molar-refractivity contribution in [1.29, 1.82) is 5.26 Å². The smallest absolute Gasteiger partial charge is 0.254 e. The van der Waals surface area contributed by atoms with Crippen LogP contribution in [0.1, 0.15) is 40.0 Å². The van der Waals surface area contributed by atoms with Crippen LogP contribution in [0, 0.1) is 23.5 Å². The van der Waals surface area contributed by atoms with Gasteiger partial charge in [-0.1, -0.05) is 12.1 Å². The van der Waals surface area contributed by atoms with Crippen LogP contribution >= 0.6 is 0 Å². The van der Waals surface area contributed by atoms with Crippen molar-refractivity contribution < 1.29 is 14.3 Å². The van der Waals surface area contributed by atoms with E-state index in [4.69, 9.17) is 4.74 Å². The number of nitriles is 1. The topological polar surface area (TPSA) is 109 Å². The molecule has 2 aromatic heterocycles. The van der Waals surface area contributed by atoms with Gasteiger partial charge >= 0.3 is 0 Å². The molecule has 170 valence electrons. The maximum Gasteiger partial charge on any atom is 0.254 e. The normalized spacial score (nSPS) is 13.0. The second-order valence-electron chi connectivity index (χ2n) is 8.61. The van der Waals surface area contributed by atoms with E-state index in [1.165, 1.54) is 6.20 Å². The van der Waals surface area contributed by atoms with Crippen LogP contribution in [0.25, 0.3) is 22.0 Å². The number of benzene rings is 2. The summed E-state index contributed by atoms with van der Waals surface area (Å²) in [6, 6.07) is 14.9. The molecule has 1 fully saturated rings. The molecule has 0 radical (unpaired) electrons. The third kappa shape index (κ3) is 4.04. The Hall–Kier alpha value is -4.38. The summed E-state index contributed by atoms with van der Waals surface area (Å²) in [5, 5.41) is 29.3. The van der Waals surface area contributed by atoms with Crippen LogP contribution in [-0.2, 0) is 6.54 Å². The number of rotatable bonds is 6. The zero-order valence-electron chi connectivity index (χ0n) is 18.9. The number of aryl methyl sites for hydroxylation is 1. The highest BCUT2D eigenvalue weighted by Crippen LogP contribution is 2.36. The number of H-pyrrole nitrogens is 1. The van der Waals surface area contributed by atoms with E-state index >= 15 is 0 Å². The molecule has 1 N–H and O–H groups in total. The van der Waals surface area contributed by atoms with Gasteiger partial charge in [-0.25, -0.2) is 0 Å². The van der Waals surface area contributed by atoms with Crippen molar-refractivity contribution in [2.45, 2.75) is 32.4 Å². The summed E-state index contributed by atoms with van der Waals surface area (Å²) in [6.45, 7) is 1.98. The van der Waals surface area contributed by atoms with Crippen LogP contribution in [0.3, 0.4) is 0 Å². The number of fused-ring (bicyclic) bond motifs is 1. The second-order valence-corrected chi connectivity index (χ2v) is 8.61. The Bertz CT molecular complexity index is 1450. The van der Waals surface area contributed by atoms with E-state index in [9.17, 15) is 15.3 Å². The molecule has 2 heterocycles. The first-order valence-electron chi connectivity index (χ1n) is 11.1. The van der Waals surface area contributed by atoms with Crippen LogP contribution < -0.4 is 9.47 Å². The lowest BCUT2D eigenvalue weighted by atomic mass is 10.0. The maximum atomic E-state index is 13.3. The van der Waals surface area contributed by atoms with Crippen molar-refractivity contribution in [2.75, 3.05) is 7.05 Å². The van der Waals surface area contributed by atoms with Crippen molar-refractivity contribution in [3.63, 3.8) is 0 Å². The van der Waals surface area contributed by atoms with Gasteiger partial charge in [-0.2, -0.15) is 15.1 Å². The number of hydrogen-bond donors (Lipinski definition) is 1. The fourth-order valence-corrected chi connectivity index (χ4v) is 4.01. The van der Waals surface area contributed by atoms with E-state index < -0.39 is 0 Å². The van der Waals surface area contributed by atoms with Crippen LogP contribution in [0.15, 0.2) is 54.9 Å². The van der Waals surface area contributed by atoms with Crippen molar-refractivity contribution in [3.05, 3.63) is 82.4 Å². The Morgan fingerprint density at radius 1 is 1.32 bits per heavy atom. The number of carbonyl (C=O) groups excluding carboxylic acids is 1. The lowest BCUT2D eigenvalue weighted by Crippen LogP contribution is -2.32. The molecule has 0 atom stereocenters. The molecular formula is C26H23N5O3. The molecule has 0 saturated heterocycles. The SMILES string of the molecule is Cc1c2cn[nH]c2c(CN(C)C(=O)c2ccc(-c3cccc(C#N)c3)c(OC3CC3)c2)c[n+]1[O-]. The molecule has 1 amide bonds. The predicted molar refractivity (Wildman–Crippen MR) is 126 cm³/mol. The molecule has 1 saturated carbocycles. The Balaban J connectivity index is 1.45. The highest BCUT2D eigenvalue weighted by atomic mass is 16.5. The number of nitrogens with one attached hydrogen (secondary N) is 1. The number of pyridine rings is 1. The van der Waals surface area contributed by atoms with Crippen LogP contribution in [-0.4, -0.2) is 34.2 Å². The third-order valence-electron chi connectivity index (χ3n) is 6.06. The number of nitrogens with zero attached hydrogens (tertiary/aromatic N) is 4. The first-order chi connectivity index (χ1) is 16.4. The Morgan fingerprint density at radius 3 is 2.91 bits per heavy atom. The molecule has 0 aliphatic heterocycles. The van der Waals surface area contributed by atoms with Crippen molar-refractivity contribution in [3.8, 4) is 22.9 Å². The number of hydrogen-bond acceptors (Lipinski definition) is 5. The number of aromatic amines is 1. The molecule has 4 aromatic rings. The summed E-state index contributed by atoms with van der Waals surface area (Å²) in [7, 11) is 1.70. The molecule has 34 heavy (non-hydrogen) atoms. The molecule has 0 unspecified atom stereocenters. The van der Waals surface area contributed by atoms with E-state index in [2.05, 4.69) is 16.3 Å². The minimum atomic E-state index is -0.191. The van der Waals surface area contributed by atoms with E-state index in [1.54, 1.807) is 43.3 Å². The molecule has 1 aliphatic rings. The monoisotopic (exact) mass is 453 g/mol. The van der Waals surface area contributed by atoms with Crippen molar-refractivity contribution >= 4 is 16.8 Å². The Labute approximate surface area is 196 Å². The number of carbonyl (C=O) groups is 1. The fraction of sp³-hybridized carbons (Fsp3) is 0.231. The molecule has 2 aromatic carbocycles. The maximum absolute atomic E-state index is 13.3. The first kappa shape index (κ1) is 21.5. The minimum absolute atomic E-state index is 0.148. The average Bonchev–Trinajstić information content (AvgIpc) is 3.52. The summed E-state index contributed by atoms with van der Waals surface area (Å²) in [4.78, 5) is 14.9. The zero-order valence-corrected chi connectivity index (χ0v) is 18.9. The van der Waals surface area contributed by atoms with Crippen molar-refractivity contribution in [1.82, 2.24) is 15.1 Å². The van der Waals surface area contributed by atoms with Gasteiger partial charge in [-0.15, -0.1) is 0 Å². The Morgan fingerprint density at radius 2 is 2.15 bits per heavy atom. The van der Waals surface area contributed by atoms with Gasteiger partial charge in [0.25, 0.3) is 5.91 Å². The van der Waals surface area contributed by atoms with E-state index in [0.29, 0.717) is 28.1 Å². The van der Waals surface area contributed by atoms with Gasteiger partial charge in [0, 0.05) is 25.1 Å². The summed E-state index contributed by atoms with van der Waals surface area (Å²) >= 11 is 0. The standard InChI is InChI=1S/C26H23N5O3/c1-16-23-13-28-29-25(23)20(15-31(16)33)14-30(2)26(32)19-6-9-22(24(11-19)34-21-7-8-21)18-5-3-4-17(10-18)12-27/h3-6,9-11,13,15,21H,7-8,14H2,1-2H3,(H,28,29). The van der Waals surface area contributed by atoms with Crippen LogP contribution in [0.5, 0.6) is 5.75 Å². The van der Waals surface area contributed by atoms with Gasteiger partial charge in [0.2, 0.25) is 5.69 Å². The molecule has 0 bridgehead atoms. The lowest BCUT2D eigenvalue weighted by molar-refractivity contribution is -0.611. The molecule has 1 aliphatic carbocycles. The molecule has 5 rings (SSSR count). The highest BCUT2D eigenvalue weighted by Gasteiger charge is 2.26. The lowest BCUT2D eigenvalue weighted by Gasteiger charge is -2.19. The summed E-state index contributed by atoms with van der Waals surface area (Å²) in [6.07, 6.45) is 5.21. The number of aromatic nitrogens is 3. The fourth-order valence-electron chi connectivity index (χ4n) is 4.01. The quantitative estimate of drug-likeness (QED) is 0.352.